The normalized spacial score (nSPS) is 12.7. The molecule has 0 heterocycles. The lowest BCUT2D eigenvalue weighted by Gasteiger charge is -2.09. The van der Waals surface area contributed by atoms with E-state index in [1.165, 1.54) is 18.2 Å². The molecule has 0 spiro atoms. The van der Waals surface area contributed by atoms with Crippen molar-refractivity contribution in [1.29, 1.82) is 0 Å². The Morgan fingerprint density at radius 3 is 2.55 bits per heavy atom. The Bertz CT molecular complexity index is 565. The number of hydrogen-bond donors (Lipinski definition) is 1. The molecule has 10 heteroatoms. The summed E-state index contributed by atoms with van der Waals surface area (Å²) in [7, 11) is -3.82. The quantitative estimate of drug-likeness (QED) is 0.752. The van der Waals surface area contributed by atoms with Gasteiger partial charge in [0.25, 0.3) is 0 Å². The molecule has 0 saturated carbocycles. The average Bonchev–Trinajstić information content (AvgIpc) is 2.30. The van der Waals surface area contributed by atoms with Crippen LogP contribution in [0.25, 0.3) is 0 Å². The Balaban J connectivity index is 2.52. The number of nitrogens with one attached hydrogen (secondary N) is 1. The highest BCUT2D eigenvalue weighted by Gasteiger charge is 2.27. The van der Waals surface area contributed by atoms with Gasteiger partial charge in [-0.25, -0.2) is 13.1 Å². The summed E-state index contributed by atoms with van der Waals surface area (Å²) in [4.78, 5) is -0.0513. The fourth-order valence-corrected chi connectivity index (χ4v) is 2.85. The summed E-state index contributed by atoms with van der Waals surface area (Å²) in [6.07, 6.45) is -4.43. The van der Waals surface area contributed by atoms with Crippen LogP contribution in [0.2, 0.25) is 5.02 Å². The summed E-state index contributed by atoms with van der Waals surface area (Å²) >= 11 is 8.81. The molecule has 0 fully saturated rings. The maximum Gasteiger partial charge on any atom is 0.411 e. The van der Waals surface area contributed by atoms with Gasteiger partial charge in [0.05, 0.1) is 16.5 Å². The van der Waals surface area contributed by atoms with Crippen molar-refractivity contribution in [2.24, 2.45) is 0 Å². The molecule has 0 saturated heterocycles. The molecule has 0 bridgehead atoms. The first-order valence-corrected chi connectivity index (χ1v) is 7.86. The second-order valence-corrected chi connectivity index (χ2v) is 6.67. The minimum Gasteiger partial charge on any atom is -0.371 e. The Morgan fingerprint density at radius 1 is 1.35 bits per heavy atom. The number of alkyl halides is 3. The molecule has 0 aliphatic rings. The van der Waals surface area contributed by atoms with Gasteiger partial charge in [0, 0.05) is 11.0 Å². The van der Waals surface area contributed by atoms with Crippen LogP contribution < -0.4 is 4.72 Å². The molecule has 0 amide bonds. The highest BCUT2D eigenvalue weighted by atomic mass is 79.9. The van der Waals surface area contributed by atoms with Gasteiger partial charge < -0.3 is 4.74 Å². The fraction of sp³-hybridized carbons (Fsp3) is 0.400. The minimum atomic E-state index is -4.43. The van der Waals surface area contributed by atoms with Crippen LogP contribution in [0.15, 0.2) is 27.6 Å². The molecule has 0 radical (unpaired) electrons. The summed E-state index contributed by atoms with van der Waals surface area (Å²) in [5.41, 5.74) is 0. The lowest BCUT2D eigenvalue weighted by atomic mass is 10.4. The standard InChI is InChI=1S/C10H10BrClF3NO3S/c11-8-5-7(1-2-9(8)12)20(17,18)16-3-4-19-6-10(13,14)15/h1-2,5,16H,3-4,6H2. The molecular formula is C10H10BrClF3NO3S. The molecule has 20 heavy (non-hydrogen) atoms. The van der Waals surface area contributed by atoms with Gasteiger partial charge in [-0.3, -0.25) is 0 Å². The van der Waals surface area contributed by atoms with E-state index in [0.717, 1.165) is 0 Å². The van der Waals surface area contributed by atoms with Crippen molar-refractivity contribution in [2.75, 3.05) is 19.8 Å². The summed E-state index contributed by atoms with van der Waals surface area (Å²) in [5.74, 6) is 0. The third-order valence-electron chi connectivity index (χ3n) is 2.01. The molecule has 0 aliphatic carbocycles. The summed E-state index contributed by atoms with van der Waals surface area (Å²) in [6.45, 7) is -2.06. The molecule has 0 atom stereocenters. The summed E-state index contributed by atoms with van der Waals surface area (Å²) in [6, 6.07) is 3.97. The highest BCUT2D eigenvalue weighted by molar-refractivity contribution is 9.10. The number of benzene rings is 1. The Hall–Kier alpha value is -0.350. The number of rotatable bonds is 6. The zero-order chi connectivity index (χ0) is 15.4. The van der Waals surface area contributed by atoms with E-state index in [2.05, 4.69) is 25.4 Å². The van der Waals surface area contributed by atoms with Gasteiger partial charge in [0.15, 0.2) is 0 Å². The topological polar surface area (TPSA) is 55.4 Å². The molecule has 114 valence electrons. The van der Waals surface area contributed by atoms with Crippen LogP contribution in [0, 0.1) is 0 Å². The van der Waals surface area contributed by atoms with Gasteiger partial charge in [-0.1, -0.05) is 11.6 Å². The minimum absolute atomic E-state index is 0.0513. The Morgan fingerprint density at radius 2 is 2.00 bits per heavy atom. The first kappa shape index (κ1) is 17.7. The van der Waals surface area contributed by atoms with Crippen LogP contribution in [0.5, 0.6) is 0 Å². The lowest BCUT2D eigenvalue weighted by Crippen LogP contribution is -2.29. The van der Waals surface area contributed by atoms with E-state index in [1.54, 1.807) is 0 Å². The zero-order valence-corrected chi connectivity index (χ0v) is 13.0. The van der Waals surface area contributed by atoms with Gasteiger partial charge in [-0.05, 0) is 34.1 Å². The van der Waals surface area contributed by atoms with Crippen LogP contribution in [-0.4, -0.2) is 34.4 Å². The predicted molar refractivity (Wildman–Crippen MR) is 71.2 cm³/mol. The second-order valence-electron chi connectivity index (χ2n) is 3.64. The maximum atomic E-state index is 11.8. The van der Waals surface area contributed by atoms with E-state index in [4.69, 9.17) is 11.6 Å². The Kier molecular flexibility index (Phi) is 6.26. The third kappa shape index (κ3) is 5.96. The second kappa shape index (κ2) is 7.08. The highest BCUT2D eigenvalue weighted by Crippen LogP contribution is 2.25. The average molecular weight is 397 g/mol. The molecule has 4 nitrogen and oxygen atoms in total. The van der Waals surface area contributed by atoms with Gasteiger partial charge in [-0.2, -0.15) is 13.2 Å². The number of hydrogen-bond acceptors (Lipinski definition) is 3. The third-order valence-corrected chi connectivity index (χ3v) is 4.68. The first-order valence-electron chi connectivity index (χ1n) is 5.21. The van der Waals surface area contributed by atoms with Gasteiger partial charge >= 0.3 is 6.18 Å². The van der Waals surface area contributed by atoms with Crippen molar-refractivity contribution >= 4 is 37.6 Å². The van der Waals surface area contributed by atoms with Crippen molar-refractivity contribution in [1.82, 2.24) is 4.72 Å². The SMILES string of the molecule is O=S(=O)(NCCOCC(F)(F)F)c1ccc(Cl)c(Br)c1. The van der Waals surface area contributed by atoms with Crippen molar-refractivity contribution in [3.8, 4) is 0 Å². The van der Waals surface area contributed by atoms with Crippen molar-refractivity contribution < 1.29 is 26.3 Å². The van der Waals surface area contributed by atoms with E-state index >= 15 is 0 Å². The van der Waals surface area contributed by atoms with Crippen LogP contribution in [0.4, 0.5) is 13.2 Å². The van der Waals surface area contributed by atoms with Crippen LogP contribution in [0.3, 0.4) is 0 Å². The molecule has 0 aliphatic heterocycles. The molecular weight excluding hydrogens is 387 g/mol. The van der Waals surface area contributed by atoms with E-state index in [0.29, 0.717) is 9.50 Å². The van der Waals surface area contributed by atoms with Crippen LogP contribution in [-0.2, 0) is 14.8 Å². The molecule has 1 aromatic carbocycles. The monoisotopic (exact) mass is 395 g/mol. The lowest BCUT2D eigenvalue weighted by molar-refractivity contribution is -0.173. The molecule has 0 unspecified atom stereocenters. The largest absolute Gasteiger partial charge is 0.411 e. The van der Waals surface area contributed by atoms with Crippen LogP contribution in [0.1, 0.15) is 0 Å². The van der Waals surface area contributed by atoms with Gasteiger partial charge in [-0.15, -0.1) is 0 Å². The summed E-state index contributed by atoms with van der Waals surface area (Å²) < 4.78 is 65.8. The van der Waals surface area contributed by atoms with Crippen molar-refractivity contribution in [2.45, 2.75) is 11.1 Å². The number of sulfonamides is 1. The molecule has 1 rings (SSSR count). The van der Waals surface area contributed by atoms with E-state index in [1.807, 2.05) is 0 Å². The zero-order valence-electron chi connectivity index (χ0n) is 9.88. The number of ether oxygens (including phenoxy) is 1. The molecule has 0 aromatic heterocycles. The van der Waals surface area contributed by atoms with E-state index < -0.39 is 22.8 Å². The smallest absolute Gasteiger partial charge is 0.371 e. The Labute approximate surface area is 127 Å². The van der Waals surface area contributed by atoms with Crippen LogP contribution >= 0.6 is 27.5 Å². The van der Waals surface area contributed by atoms with Crippen molar-refractivity contribution in [3.63, 3.8) is 0 Å². The van der Waals surface area contributed by atoms with E-state index in [9.17, 15) is 21.6 Å². The van der Waals surface area contributed by atoms with Gasteiger partial charge in [0.2, 0.25) is 10.0 Å². The van der Waals surface area contributed by atoms with Gasteiger partial charge in [0.1, 0.15) is 6.61 Å². The molecule has 1 N–H and O–H groups in total. The first-order chi connectivity index (χ1) is 9.12. The summed E-state index contributed by atoms with van der Waals surface area (Å²) in [5, 5.41) is 0.345. The van der Waals surface area contributed by atoms with E-state index in [-0.39, 0.29) is 18.0 Å². The maximum absolute atomic E-state index is 11.8. The fourth-order valence-electron chi connectivity index (χ4n) is 1.16. The number of halogens is 5. The predicted octanol–water partition coefficient (Wildman–Crippen LogP) is 2.96. The van der Waals surface area contributed by atoms with Crippen molar-refractivity contribution in [3.05, 3.63) is 27.7 Å². The molecule has 1 aromatic rings.